The van der Waals surface area contributed by atoms with Crippen molar-refractivity contribution < 1.29 is 0 Å². The Morgan fingerprint density at radius 1 is 1.22 bits per heavy atom. The van der Waals surface area contributed by atoms with Crippen LogP contribution in [0.1, 0.15) is 58.7 Å². The molecule has 1 rings (SSSR count). The molecule has 3 heteroatoms. The van der Waals surface area contributed by atoms with Crippen LogP contribution in [0.15, 0.2) is 12.1 Å². The van der Waals surface area contributed by atoms with Gasteiger partial charge in [0.05, 0.1) is 0 Å². The highest BCUT2D eigenvalue weighted by molar-refractivity contribution is 5.42. The standard InChI is InChI=1S/C15H27N3/c1-7-16-10-12-8-13(11(2)3)17-14(9-12)18-15(4,5)6/h8-9,11,16H,7,10H2,1-6H3,(H,17,18). The molecule has 0 aromatic carbocycles. The Labute approximate surface area is 111 Å². The first-order chi connectivity index (χ1) is 8.31. The number of nitrogens with zero attached hydrogens (tertiary/aromatic N) is 1. The van der Waals surface area contributed by atoms with Crippen LogP contribution in [-0.2, 0) is 6.54 Å². The van der Waals surface area contributed by atoms with Gasteiger partial charge in [0, 0.05) is 17.8 Å². The van der Waals surface area contributed by atoms with Crippen molar-refractivity contribution in [2.45, 2.75) is 59.5 Å². The molecule has 0 aliphatic carbocycles. The summed E-state index contributed by atoms with van der Waals surface area (Å²) in [4.78, 5) is 4.69. The van der Waals surface area contributed by atoms with Gasteiger partial charge < -0.3 is 10.6 Å². The summed E-state index contributed by atoms with van der Waals surface area (Å²) in [5.74, 6) is 1.42. The molecule has 0 aliphatic rings. The van der Waals surface area contributed by atoms with Crippen LogP contribution >= 0.6 is 0 Å². The normalized spacial score (nSPS) is 11.9. The average Bonchev–Trinajstić information content (AvgIpc) is 2.23. The zero-order chi connectivity index (χ0) is 13.8. The van der Waals surface area contributed by atoms with Gasteiger partial charge >= 0.3 is 0 Å². The quantitative estimate of drug-likeness (QED) is 0.838. The van der Waals surface area contributed by atoms with Crippen LogP contribution in [-0.4, -0.2) is 17.1 Å². The molecule has 0 unspecified atom stereocenters. The van der Waals surface area contributed by atoms with Crippen LogP contribution in [0.25, 0.3) is 0 Å². The monoisotopic (exact) mass is 249 g/mol. The molecule has 0 amide bonds. The zero-order valence-electron chi connectivity index (χ0n) is 12.6. The number of aromatic nitrogens is 1. The molecule has 0 radical (unpaired) electrons. The first-order valence-corrected chi connectivity index (χ1v) is 6.81. The van der Waals surface area contributed by atoms with Gasteiger partial charge in [-0.15, -0.1) is 0 Å². The molecule has 0 bridgehead atoms. The Morgan fingerprint density at radius 2 is 1.89 bits per heavy atom. The van der Waals surface area contributed by atoms with Crippen molar-refractivity contribution in [1.82, 2.24) is 10.3 Å². The molecule has 0 spiro atoms. The van der Waals surface area contributed by atoms with E-state index in [1.54, 1.807) is 0 Å². The lowest BCUT2D eigenvalue weighted by molar-refractivity contribution is 0.628. The molecule has 0 aliphatic heterocycles. The van der Waals surface area contributed by atoms with E-state index >= 15 is 0 Å². The van der Waals surface area contributed by atoms with Crippen molar-refractivity contribution in [3.63, 3.8) is 0 Å². The van der Waals surface area contributed by atoms with Gasteiger partial charge in [0.2, 0.25) is 0 Å². The van der Waals surface area contributed by atoms with Crippen LogP contribution < -0.4 is 10.6 Å². The van der Waals surface area contributed by atoms with Crippen molar-refractivity contribution >= 4 is 5.82 Å². The Hall–Kier alpha value is -1.09. The first-order valence-electron chi connectivity index (χ1n) is 6.81. The van der Waals surface area contributed by atoms with E-state index in [2.05, 4.69) is 69.3 Å². The number of anilines is 1. The molecule has 18 heavy (non-hydrogen) atoms. The predicted octanol–water partition coefficient (Wildman–Crippen LogP) is 3.52. The lowest BCUT2D eigenvalue weighted by atomic mass is 10.1. The topological polar surface area (TPSA) is 37.0 Å². The summed E-state index contributed by atoms with van der Waals surface area (Å²) < 4.78 is 0. The fourth-order valence-corrected chi connectivity index (χ4v) is 1.73. The number of hydrogen-bond acceptors (Lipinski definition) is 3. The minimum Gasteiger partial charge on any atom is -0.365 e. The lowest BCUT2D eigenvalue weighted by Gasteiger charge is -2.22. The second kappa shape index (κ2) is 6.19. The molecule has 2 N–H and O–H groups in total. The van der Waals surface area contributed by atoms with Crippen LogP contribution in [0, 0.1) is 0 Å². The number of hydrogen-bond donors (Lipinski definition) is 2. The van der Waals surface area contributed by atoms with E-state index in [1.807, 2.05) is 0 Å². The molecule has 3 nitrogen and oxygen atoms in total. The third kappa shape index (κ3) is 5.05. The Kier molecular flexibility index (Phi) is 5.15. The second-order valence-electron chi connectivity index (χ2n) is 6.10. The highest BCUT2D eigenvalue weighted by atomic mass is 15.0. The summed E-state index contributed by atoms with van der Waals surface area (Å²) in [5.41, 5.74) is 2.48. The fourth-order valence-electron chi connectivity index (χ4n) is 1.73. The highest BCUT2D eigenvalue weighted by Crippen LogP contribution is 2.20. The minimum absolute atomic E-state index is 0.0397. The Bertz CT molecular complexity index is 378. The van der Waals surface area contributed by atoms with Crippen molar-refractivity contribution in [3.8, 4) is 0 Å². The molecule has 0 fully saturated rings. The summed E-state index contributed by atoms with van der Waals surface area (Å²) in [5, 5.41) is 6.82. The summed E-state index contributed by atoms with van der Waals surface area (Å²) >= 11 is 0. The Balaban J connectivity index is 2.98. The van der Waals surface area contributed by atoms with Crippen molar-refractivity contribution in [1.29, 1.82) is 0 Å². The maximum atomic E-state index is 4.69. The van der Waals surface area contributed by atoms with Crippen molar-refractivity contribution in [2.75, 3.05) is 11.9 Å². The van der Waals surface area contributed by atoms with Crippen LogP contribution in [0.2, 0.25) is 0 Å². The van der Waals surface area contributed by atoms with Crippen LogP contribution in [0.4, 0.5) is 5.82 Å². The van der Waals surface area contributed by atoms with E-state index in [0.717, 1.165) is 24.6 Å². The molecule has 1 aromatic heterocycles. The molecule has 1 heterocycles. The smallest absolute Gasteiger partial charge is 0.126 e. The van der Waals surface area contributed by atoms with E-state index in [1.165, 1.54) is 5.56 Å². The second-order valence-corrected chi connectivity index (χ2v) is 6.10. The van der Waals surface area contributed by atoms with Crippen LogP contribution in [0.5, 0.6) is 0 Å². The molecule has 0 saturated heterocycles. The van der Waals surface area contributed by atoms with E-state index in [-0.39, 0.29) is 5.54 Å². The van der Waals surface area contributed by atoms with E-state index in [4.69, 9.17) is 0 Å². The minimum atomic E-state index is 0.0397. The summed E-state index contributed by atoms with van der Waals surface area (Å²) in [6.45, 7) is 14.8. The lowest BCUT2D eigenvalue weighted by Crippen LogP contribution is -2.27. The number of rotatable bonds is 5. The number of nitrogens with one attached hydrogen (secondary N) is 2. The summed E-state index contributed by atoms with van der Waals surface area (Å²) in [7, 11) is 0. The molecule has 102 valence electrons. The highest BCUT2D eigenvalue weighted by Gasteiger charge is 2.12. The van der Waals surface area contributed by atoms with Gasteiger partial charge in [0.1, 0.15) is 5.82 Å². The number of pyridine rings is 1. The molecule has 0 atom stereocenters. The third-order valence-corrected chi connectivity index (χ3v) is 2.58. The zero-order valence-corrected chi connectivity index (χ0v) is 12.6. The van der Waals surface area contributed by atoms with E-state index in [0.29, 0.717) is 5.92 Å². The van der Waals surface area contributed by atoms with Gasteiger partial charge in [-0.05, 0) is 50.9 Å². The maximum absolute atomic E-state index is 4.69. The molecule has 0 saturated carbocycles. The third-order valence-electron chi connectivity index (χ3n) is 2.58. The maximum Gasteiger partial charge on any atom is 0.126 e. The van der Waals surface area contributed by atoms with E-state index < -0.39 is 0 Å². The SMILES string of the molecule is CCNCc1cc(NC(C)(C)C)nc(C(C)C)c1. The largest absolute Gasteiger partial charge is 0.365 e. The van der Waals surface area contributed by atoms with Crippen molar-refractivity contribution in [3.05, 3.63) is 23.4 Å². The first kappa shape index (κ1) is 15.0. The predicted molar refractivity (Wildman–Crippen MR) is 79.1 cm³/mol. The van der Waals surface area contributed by atoms with Gasteiger partial charge in [-0.1, -0.05) is 20.8 Å². The van der Waals surface area contributed by atoms with Crippen molar-refractivity contribution in [2.24, 2.45) is 0 Å². The molecular weight excluding hydrogens is 222 g/mol. The summed E-state index contributed by atoms with van der Waals surface area (Å²) in [6, 6.07) is 4.33. The molecule has 1 aromatic rings. The van der Waals surface area contributed by atoms with Gasteiger partial charge in [0.15, 0.2) is 0 Å². The average molecular weight is 249 g/mol. The van der Waals surface area contributed by atoms with Gasteiger partial charge in [-0.25, -0.2) is 4.98 Å². The van der Waals surface area contributed by atoms with E-state index in [9.17, 15) is 0 Å². The van der Waals surface area contributed by atoms with Crippen LogP contribution in [0.3, 0.4) is 0 Å². The van der Waals surface area contributed by atoms with Gasteiger partial charge in [0.25, 0.3) is 0 Å². The molecular formula is C15H27N3. The summed E-state index contributed by atoms with van der Waals surface area (Å²) in [6.07, 6.45) is 0. The van der Waals surface area contributed by atoms with Gasteiger partial charge in [-0.3, -0.25) is 0 Å². The van der Waals surface area contributed by atoms with Gasteiger partial charge in [-0.2, -0.15) is 0 Å². The Morgan fingerprint density at radius 3 is 2.39 bits per heavy atom. The fraction of sp³-hybridized carbons (Fsp3) is 0.667.